The van der Waals surface area contributed by atoms with E-state index in [4.69, 9.17) is 4.74 Å². The number of nitrogens with zero attached hydrogens (tertiary/aromatic N) is 4. The Morgan fingerprint density at radius 1 is 1.31 bits per heavy atom. The van der Waals surface area contributed by atoms with E-state index in [-0.39, 0.29) is 17.3 Å². The molecule has 0 radical (unpaired) electrons. The van der Waals surface area contributed by atoms with Crippen LogP contribution in [-0.4, -0.2) is 58.8 Å². The summed E-state index contributed by atoms with van der Waals surface area (Å²) in [6.07, 6.45) is 0. The second-order valence-electron chi connectivity index (χ2n) is 6.25. The molecule has 0 spiro atoms. The van der Waals surface area contributed by atoms with Crippen LogP contribution < -0.4 is 15.0 Å². The molecule has 158 valence electrons. The lowest BCUT2D eigenvalue weighted by Crippen LogP contribution is -2.38. The van der Waals surface area contributed by atoms with Crippen LogP contribution in [0.2, 0.25) is 0 Å². The highest BCUT2D eigenvalue weighted by atomic mass is 32.2. The van der Waals surface area contributed by atoms with Gasteiger partial charge in [-0.1, -0.05) is 23.9 Å². The number of thioether (sulfide) groups is 1. The molecule has 0 aliphatic carbocycles. The lowest BCUT2D eigenvalue weighted by Gasteiger charge is -2.27. The number of morpholine rings is 1. The molecular weight excluding hydrogens is 404 g/mol. The predicted molar refractivity (Wildman–Crippen MR) is 106 cm³/mol. The van der Waals surface area contributed by atoms with Gasteiger partial charge in [0.2, 0.25) is 11.9 Å². The minimum atomic E-state index is -2.97. The molecular formula is C18H23F2N5O3S. The average molecular weight is 427 g/mol. The maximum absolute atomic E-state index is 12.6. The van der Waals surface area contributed by atoms with Gasteiger partial charge in [-0.05, 0) is 26.0 Å². The fourth-order valence-electron chi connectivity index (χ4n) is 2.86. The van der Waals surface area contributed by atoms with E-state index in [1.54, 1.807) is 19.1 Å². The molecule has 1 aliphatic heterocycles. The quantitative estimate of drug-likeness (QED) is 0.649. The summed E-state index contributed by atoms with van der Waals surface area (Å²) in [6, 6.07) is 6.08. The van der Waals surface area contributed by atoms with E-state index < -0.39 is 11.9 Å². The molecule has 1 aromatic heterocycles. The fraction of sp³-hybridized carbons (Fsp3) is 0.500. The minimum absolute atomic E-state index is 0.0839. The number of ether oxygens (including phenoxy) is 2. The van der Waals surface area contributed by atoms with Crippen LogP contribution in [0.3, 0.4) is 0 Å². The topological polar surface area (TPSA) is 81.5 Å². The van der Waals surface area contributed by atoms with E-state index in [1.807, 2.05) is 11.5 Å². The Morgan fingerprint density at radius 3 is 2.72 bits per heavy atom. The second-order valence-corrected chi connectivity index (χ2v) is 7.56. The van der Waals surface area contributed by atoms with Gasteiger partial charge in [0.1, 0.15) is 5.75 Å². The monoisotopic (exact) mass is 427 g/mol. The molecule has 1 aromatic carbocycles. The number of amides is 1. The lowest BCUT2D eigenvalue weighted by atomic mass is 10.3. The summed E-state index contributed by atoms with van der Waals surface area (Å²) >= 11 is 1.26. The number of para-hydroxylation sites is 2. The summed E-state index contributed by atoms with van der Waals surface area (Å²) in [7, 11) is 0. The van der Waals surface area contributed by atoms with Crippen molar-refractivity contribution in [2.24, 2.45) is 0 Å². The molecule has 1 atom stereocenters. The highest BCUT2D eigenvalue weighted by molar-refractivity contribution is 8.00. The van der Waals surface area contributed by atoms with Gasteiger partial charge in [0.05, 0.1) is 24.2 Å². The third-order valence-electron chi connectivity index (χ3n) is 4.32. The maximum atomic E-state index is 12.6. The average Bonchev–Trinajstić information content (AvgIpc) is 3.12. The van der Waals surface area contributed by atoms with Gasteiger partial charge < -0.3 is 19.7 Å². The minimum Gasteiger partial charge on any atom is -0.433 e. The second kappa shape index (κ2) is 9.88. The largest absolute Gasteiger partial charge is 0.433 e. The van der Waals surface area contributed by atoms with Crippen LogP contribution >= 0.6 is 11.8 Å². The molecule has 3 rings (SSSR count). The number of carbonyl (C=O) groups is 1. The number of benzene rings is 1. The summed E-state index contributed by atoms with van der Waals surface area (Å²) in [5.41, 5.74) is 0.191. The zero-order valence-electron chi connectivity index (χ0n) is 16.2. The third kappa shape index (κ3) is 5.36. The first-order chi connectivity index (χ1) is 14.0. The van der Waals surface area contributed by atoms with Crippen LogP contribution in [0.25, 0.3) is 0 Å². The van der Waals surface area contributed by atoms with Crippen molar-refractivity contribution < 1.29 is 23.0 Å². The molecule has 1 N–H and O–H groups in total. The number of nitrogens with one attached hydrogen (secondary N) is 1. The number of carbonyl (C=O) groups excluding carboxylic acids is 1. The van der Waals surface area contributed by atoms with Gasteiger partial charge in [0, 0.05) is 19.6 Å². The van der Waals surface area contributed by atoms with Crippen molar-refractivity contribution in [3.05, 3.63) is 24.3 Å². The van der Waals surface area contributed by atoms with Gasteiger partial charge in [-0.15, -0.1) is 10.2 Å². The van der Waals surface area contributed by atoms with E-state index in [0.29, 0.717) is 24.9 Å². The van der Waals surface area contributed by atoms with E-state index in [2.05, 4.69) is 25.2 Å². The van der Waals surface area contributed by atoms with Crippen LogP contribution in [0.4, 0.5) is 20.4 Å². The van der Waals surface area contributed by atoms with Crippen molar-refractivity contribution in [2.75, 3.05) is 36.5 Å². The van der Waals surface area contributed by atoms with E-state index >= 15 is 0 Å². The molecule has 0 saturated carbocycles. The standard InChI is InChI=1S/C18H23F2N5O3S/c1-3-25-17(24-8-10-27-11-9-24)22-23-18(25)29-12(2)15(26)21-13-6-4-5-7-14(13)28-16(19)20/h4-7,12,16H,3,8-11H2,1-2H3,(H,21,26). The summed E-state index contributed by atoms with van der Waals surface area (Å²) in [6.45, 7) is 4.14. The van der Waals surface area contributed by atoms with Crippen LogP contribution in [0.1, 0.15) is 13.8 Å². The van der Waals surface area contributed by atoms with Crippen molar-refractivity contribution in [1.82, 2.24) is 14.8 Å². The number of halogens is 2. The zero-order chi connectivity index (χ0) is 20.8. The van der Waals surface area contributed by atoms with Gasteiger partial charge in [0.15, 0.2) is 5.16 Å². The number of hydrogen-bond donors (Lipinski definition) is 1. The smallest absolute Gasteiger partial charge is 0.387 e. The Balaban J connectivity index is 1.68. The summed E-state index contributed by atoms with van der Waals surface area (Å²) in [5, 5.41) is 11.3. The molecule has 11 heteroatoms. The number of alkyl halides is 2. The summed E-state index contributed by atoms with van der Waals surface area (Å²) < 4.78 is 36.9. The molecule has 1 amide bonds. The lowest BCUT2D eigenvalue weighted by molar-refractivity contribution is -0.115. The Kier molecular flexibility index (Phi) is 7.26. The predicted octanol–water partition coefficient (Wildman–Crippen LogP) is 2.86. The van der Waals surface area contributed by atoms with Crippen molar-refractivity contribution in [1.29, 1.82) is 0 Å². The van der Waals surface area contributed by atoms with Crippen molar-refractivity contribution >= 4 is 29.3 Å². The highest BCUT2D eigenvalue weighted by Gasteiger charge is 2.24. The first-order valence-electron chi connectivity index (χ1n) is 9.26. The highest BCUT2D eigenvalue weighted by Crippen LogP contribution is 2.29. The van der Waals surface area contributed by atoms with E-state index in [1.165, 1.54) is 23.9 Å². The van der Waals surface area contributed by atoms with Crippen LogP contribution in [-0.2, 0) is 16.1 Å². The fourth-order valence-corrected chi connectivity index (χ4v) is 3.76. The van der Waals surface area contributed by atoms with Crippen LogP contribution in [0.15, 0.2) is 29.4 Å². The van der Waals surface area contributed by atoms with Gasteiger partial charge in [-0.25, -0.2) is 0 Å². The van der Waals surface area contributed by atoms with Gasteiger partial charge >= 0.3 is 6.61 Å². The molecule has 1 fully saturated rings. The van der Waals surface area contributed by atoms with E-state index in [9.17, 15) is 13.6 Å². The SMILES string of the molecule is CCn1c(SC(C)C(=O)Nc2ccccc2OC(F)F)nnc1N1CCOCC1. The summed E-state index contributed by atoms with van der Waals surface area (Å²) in [5.74, 6) is 0.319. The number of hydrogen-bond acceptors (Lipinski definition) is 7. The molecule has 1 unspecified atom stereocenters. The summed E-state index contributed by atoms with van der Waals surface area (Å²) in [4.78, 5) is 14.7. The molecule has 1 saturated heterocycles. The molecule has 2 heterocycles. The molecule has 2 aromatic rings. The zero-order valence-corrected chi connectivity index (χ0v) is 17.0. The van der Waals surface area contributed by atoms with Crippen molar-refractivity contribution in [3.63, 3.8) is 0 Å². The Hall–Kier alpha value is -2.40. The molecule has 1 aliphatic rings. The first-order valence-corrected chi connectivity index (χ1v) is 10.1. The van der Waals surface area contributed by atoms with Crippen molar-refractivity contribution in [2.45, 2.75) is 37.4 Å². The molecule has 29 heavy (non-hydrogen) atoms. The van der Waals surface area contributed by atoms with Gasteiger partial charge in [-0.2, -0.15) is 8.78 Å². The first kappa shape index (κ1) is 21.3. The van der Waals surface area contributed by atoms with Crippen molar-refractivity contribution in [3.8, 4) is 5.75 Å². The Labute approximate surface area is 171 Å². The number of anilines is 2. The third-order valence-corrected chi connectivity index (χ3v) is 5.40. The number of aromatic nitrogens is 3. The normalized spacial score (nSPS) is 15.4. The Bertz CT molecular complexity index is 830. The van der Waals surface area contributed by atoms with E-state index in [0.717, 1.165) is 19.0 Å². The number of rotatable bonds is 8. The van der Waals surface area contributed by atoms with Crippen LogP contribution in [0, 0.1) is 0 Å². The van der Waals surface area contributed by atoms with Crippen LogP contribution in [0.5, 0.6) is 5.75 Å². The van der Waals surface area contributed by atoms with Gasteiger partial charge in [0.25, 0.3) is 0 Å². The molecule has 8 nitrogen and oxygen atoms in total. The molecule has 0 bridgehead atoms. The van der Waals surface area contributed by atoms with Gasteiger partial charge in [-0.3, -0.25) is 9.36 Å². The maximum Gasteiger partial charge on any atom is 0.387 e. The Morgan fingerprint density at radius 2 is 2.03 bits per heavy atom.